The van der Waals surface area contributed by atoms with E-state index in [4.69, 9.17) is 0 Å². The van der Waals surface area contributed by atoms with Crippen LogP contribution in [0.15, 0.2) is 0 Å². The summed E-state index contributed by atoms with van der Waals surface area (Å²) in [5, 5.41) is 0.403. The van der Waals surface area contributed by atoms with E-state index in [1.54, 1.807) is 0 Å². The van der Waals surface area contributed by atoms with Gasteiger partial charge in [0.25, 0.3) is 0 Å². The second-order valence-corrected chi connectivity index (χ2v) is 9.68. The van der Waals surface area contributed by atoms with Crippen molar-refractivity contribution in [1.82, 2.24) is 0 Å². The van der Waals surface area contributed by atoms with Crippen LogP contribution in [-0.4, -0.2) is 16.8 Å². The third-order valence-electron chi connectivity index (χ3n) is 8.14. The summed E-state index contributed by atoms with van der Waals surface area (Å²) in [5.41, 5.74) is 0.0532. The van der Waals surface area contributed by atoms with Gasteiger partial charge in [0.05, 0.1) is 0 Å². The standard InChI is InChI=1S/C19H28O2S/c1-18-7-5-11(22)9-15(18)16(20)10-12-13-3-4-17(21)19(13,2)8-6-14(12)18/h11-15,22H,3-10H2,1-2H3/t11-,12-,13-,14-,15?,18+,19-/m0/s1. The lowest BCUT2D eigenvalue weighted by Crippen LogP contribution is -2.56. The number of rotatable bonds is 0. The summed E-state index contributed by atoms with van der Waals surface area (Å²) >= 11 is 4.66. The Bertz CT molecular complexity index is 530. The molecule has 4 rings (SSSR count). The zero-order chi connectivity index (χ0) is 15.7. The molecule has 0 aromatic heterocycles. The molecule has 4 saturated carbocycles. The van der Waals surface area contributed by atoms with Crippen LogP contribution in [0.5, 0.6) is 0 Å². The maximum atomic E-state index is 12.9. The number of ketones is 2. The van der Waals surface area contributed by atoms with Gasteiger partial charge in [-0.15, -0.1) is 0 Å². The lowest BCUT2D eigenvalue weighted by molar-refractivity contribution is -0.155. The maximum Gasteiger partial charge on any atom is 0.139 e. The van der Waals surface area contributed by atoms with Crippen molar-refractivity contribution in [2.75, 3.05) is 0 Å². The average molecular weight is 320 g/mol. The van der Waals surface area contributed by atoms with Crippen LogP contribution in [0.25, 0.3) is 0 Å². The van der Waals surface area contributed by atoms with Crippen molar-refractivity contribution in [2.45, 2.75) is 70.5 Å². The molecule has 0 amide bonds. The number of hydrogen-bond donors (Lipinski definition) is 1. The molecule has 0 bridgehead atoms. The first kappa shape index (κ1) is 15.2. The van der Waals surface area contributed by atoms with Gasteiger partial charge in [0.2, 0.25) is 0 Å². The quantitative estimate of drug-likeness (QED) is 0.683. The number of carbonyl (C=O) groups is 2. The summed E-state index contributed by atoms with van der Waals surface area (Å²) in [6, 6.07) is 0. The Hall–Kier alpha value is -0.310. The molecule has 0 N–H and O–H groups in total. The fourth-order valence-electron chi connectivity index (χ4n) is 6.79. The number of thiol groups is 1. The van der Waals surface area contributed by atoms with Gasteiger partial charge in [-0.2, -0.15) is 12.6 Å². The third-order valence-corrected chi connectivity index (χ3v) is 8.61. The Morgan fingerprint density at radius 1 is 1.05 bits per heavy atom. The van der Waals surface area contributed by atoms with E-state index in [9.17, 15) is 9.59 Å². The molecule has 0 saturated heterocycles. The van der Waals surface area contributed by atoms with Crippen LogP contribution in [0.3, 0.4) is 0 Å². The van der Waals surface area contributed by atoms with Crippen LogP contribution in [0.2, 0.25) is 0 Å². The van der Waals surface area contributed by atoms with E-state index in [-0.39, 0.29) is 16.7 Å². The highest BCUT2D eigenvalue weighted by Crippen LogP contribution is 2.64. The van der Waals surface area contributed by atoms with Crippen molar-refractivity contribution in [2.24, 2.45) is 34.5 Å². The lowest BCUT2D eigenvalue weighted by atomic mass is 9.45. The molecule has 122 valence electrons. The SMILES string of the molecule is C[C@]12CC[C@H](S)CC1C(=O)C[C@@H]1[C@@H]2CC[C@]2(C)C(=O)CC[C@@H]12. The molecule has 22 heavy (non-hydrogen) atoms. The van der Waals surface area contributed by atoms with Crippen LogP contribution in [0.4, 0.5) is 0 Å². The third kappa shape index (κ3) is 1.87. The van der Waals surface area contributed by atoms with Gasteiger partial charge in [0.15, 0.2) is 0 Å². The van der Waals surface area contributed by atoms with Crippen molar-refractivity contribution in [3.8, 4) is 0 Å². The van der Waals surface area contributed by atoms with Crippen LogP contribution in [-0.2, 0) is 9.59 Å². The van der Waals surface area contributed by atoms with E-state index in [2.05, 4.69) is 26.5 Å². The molecule has 1 unspecified atom stereocenters. The van der Waals surface area contributed by atoms with Gasteiger partial charge < -0.3 is 0 Å². The minimum Gasteiger partial charge on any atom is -0.299 e. The zero-order valence-electron chi connectivity index (χ0n) is 13.8. The summed E-state index contributed by atoms with van der Waals surface area (Å²) in [6.07, 6.45) is 7.99. The largest absolute Gasteiger partial charge is 0.299 e. The Balaban J connectivity index is 1.69. The first-order valence-electron chi connectivity index (χ1n) is 9.10. The Labute approximate surface area is 139 Å². The molecule has 4 fully saturated rings. The van der Waals surface area contributed by atoms with Gasteiger partial charge in [0, 0.05) is 29.4 Å². The first-order chi connectivity index (χ1) is 10.4. The minimum atomic E-state index is -0.120. The van der Waals surface area contributed by atoms with Crippen LogP contribution in [0, 0.1) is 34.5 Å². The number of fused-ring (bicyclic) bond motifs is 5. The van der Waals surface area contributed by atoms with E-state index in [1.165, 1.54) is 0 Å². The van der Waals surface area contributed by atoms with Crippen LogP contribution in [0.1, 0.15) is 65.2 Å². The van der Waals surface area contributed by atoms with Crippen molar-refractivity contribution in [3.63, 3.8) is 0 Å². The highest BCUT2D eigenvalue weighted by atomic mass is 32.1. The normalized spacial score (nSPS) is 54.6. The van der Waals surface area contributed by atoms with E-state index in [1.807, 2.05) is 0 Å². The maximum absolute atomic E-state index is 12.9. The summed E-state index contributed by atoms with van der Waals surface area (Å²) in [7, 11) is 0. The molecule has 3 heteroatoms. The van der Waals surface area contributed by atoms with Crippen LogP contribution >= 0.6 is 12.6 Å². The Morgan fingerprint density at radius 3 is 2.59 bits per heavy atom. The van der Waals surface area contributed by atoms with Crippen molar-refractivity contribution in [3.05, 3.63) is 0 Å². The van der Waals surface area contributed by atoms with Gasteiger partial charge in [0.1, 0.15) is 11.6 Å². The van der Waals surface area contributed by atoms with Gasteiger partial charge in [-0.1, -0.05) is 13.8 Å². The second-order valence-electron chi connectivity index (χ2n) is 8.95. The van der Waals surface area contributed by atoms with Crippen molar-refractivity contribution in [1.29, 1.82) is 0 Å². The molecule has 4 aliphatic carbocycles. The molecule has 0 aliphatic heterocycles. The summed E-state index contributed by atoms with van der Waals surface area (Å²) in [5.74, 6) is 2.76. The average Bonchev–Trinajstić information content (AvgIpc) is 2.77. The molecule has 7 atom stereocenters. The fourth-order valence-corrected chi connectivity index (χ4v) is 7.13. The lowest BCUT2D eigenvalue weighted by Gasteiger charge is -2.59. The molecule has 0 spiro atoms. The number of hydrogen-bond acceptors (Lipinski definition) is 3. The fraction of sp³-hybridized carbons (Fsp3) is 0.895. The Morgan fingerprint density at radius 2 is 1.82 bits per heavy atom. The van der Waals surface area contributed by atoms with Gasteiger partial charge in [-0.05, 0) is 61.7 Å². The van der Waals surface area contributed by atoms with Gasteiger partial charge in [-0.25, -0.2) is 0 Å². The molecule has 0 aromatic carbocycles. The molecule has 2 nitrogen and oxygen atoms in total. The summed E-state index contributed by atoms with van der Waals surface area (Å²) < 4.78 is 0. The van der Waals surface area contributed by atoms with Crippen molar-refractivity contribution < 1.29 is 9.59 Å². The molecular formula is C19H28O2S. The predicted molar refractivity (Wildman–Crippen MR) is 89.9 cm³/mol. The molecular weight excluding hydrogens is 292 g/mol. The van der Waals surface area contributed by atoms with Crippen LogP contribution < -0.4 is 0 Å². The molecule has 0 heterocycles. The number of carbonyl (C=O) groups excluding carboxylic acids is 2. The monoisotopic (exact) mass is 320 g/mol. The molecule has 4 aliphatic rings. The van der Waals surface area contributed by atoms with E-state index in [0.29, 0.717) is 34.6 Å². The van der Waals surface area contributed by atoms with E-state index in [0.717, 1.165) is 51.4 Å². The van der Waals surface area contributed by atoms with E-state index >= 15 is 0 Å². The highest BCUT2D eigenvalue weighted by Gasteiger charge is 2.61. The topological polar surface area (TPSA) is 34.1 Å². The summed E-state index contributed by atoms with van der Waals surface area (Å²) in [6.45, 7) is 4.57. The molecule has 0 aromatic rings. The van der Waals surface area contributed by atoms with Gasteiger partial charge in [-0.3, -0.25) is 9.59 Å². The van der Waals surface area contributed by atoms with Crippen molar-refractivity contribution >= 4 is 24.2 Å². The highest BCUT2D eigenvalue weighted by molar-refractivity contribution is 7.80. The predicted octanol–water partition coefficient (Wildman–Crippen LogP) is 4.08. The van der Waals surface area contributed by atoms with E-state index < -0.39 is 0 Å². The smallest absolute Gasteiger partial charge is 0.139 e. The number of Topliss-reactive ketones (excluding diaryl/α,β-unsaturated/α-hetero) is 2. The minimum absolute atomic E-state index is 0.120. The molecule has 0 radical (unpaired) electrons. The first-order valence-corrected chi connectivity index (χ1v) is 9.62. The second kappa shape index (κ2) is 4.84. The summed E-state index contributed by atoms with van der Waals surface area (Å²) in [4.78, 5) is 25.3. The zero-order valence-corrected chi connectivity index (χ0v) is 14.7. The Kier molecular flexibility index (Phi) is 3.35. The van der Waals surface area contributed by atoms with Gasteiger partial charge >= 0.3 is 0 Å².